The van der Waals surface area contributed by atoms with E-state index in [4.69, 9.17) is 9.97 Å². The van der Waals surface area contributed by atoms with E-state index in [2.05, 4.69) is 64.0 Å². The second-order valence-electron chi connectivity index (χ2n) is 9.70. The van der Waals surface area contributed by atoms with E-state index in [0.717, 1.165) is 45.9 Å². The number of benzene rings is 3. The summed E-state index contributed by atoms with van der Waals surface area (Å²) in [5.74, 6) is 0. The highest BCUT2D eigenvalue weighted by molar-refractivity contribution is 6.14. The molecule has 0 bridgehead atoms. The Morgan fingerprint density at radius 2 is 1.63 bits per heavy atom. The summed E-state index contributed by atoms with van der Waals surface area (Å²) < 4.78 is 2.17. The normalized spacial score (nSPS) is 13.5. The molecule has 35 heavy (non-hydrogen) atoms. The molecule has 4 aromatic heterocycles. The smallest absolute Gasteiger partial charge is 0.147 e. The van der Waals surface area contributed by atoms with Crippen molar-refractivity contribution in [2.75, 3.05) is 0 Å². The molecule has 162 valence electrons. The molecule has 0 saturated carbocycles. The molecule has 0 atom stereocenters. The predicted molar refractivity (Wildman–Crippen MR) is 140 cm³/mol. The Morgan fingerprint density at radius 3 is 2.63 bits per heavy atom. The summed E-state index contributed by atoms with van der Waals surface area (Å²) in [6.45, 7) is 0. The first-order valence-corrected chi connectivity index (χ1v) is 12.0. The fourth-order valence-corrected chi connectivity index (χ4v) is 6.48. The van der Waals surface area contributed by atoms with Gasteiger partial charge in [0.05, 0.1) is 17.2 Å². The van der Waals surface area contributed by atoms with E-state index in [0.29, 0.717) is 0 Å². The summed E-state index contributed by atoms with van der Waals surface area (Å²) in [5.41, 5.74) is 15.1. The van der Waals surface area contributed by atoms with E-state index in [1.807, 2.05) is 24.5 Å². The van der Waals surface area contributed by atoms with Crippen LogP contribution in [0.3, 0.4) is 0 Å². The average Bonchev–Trinajstić information content (AvgIpc) is 3.58. The van der Waals surface area contributed by atoms with Crippen molar-refractivity contribution in [2.45, 2.75) is 12.8 Å². The third kappa shape index (κ3) is 2.15. The Hall–Kier alpha value is -4.57. The van der Waals surface area contributed by atoms with E-state index in [9.17, 15) is 0 Å². The first-order chi connectivity index (χ1) is 17.3. The molecule has 0 radical (unpaired) electrons. The van der Waals surface area contributed by atoms with Crippen molar-refractivity contribution in [2.24, 2.45) is 0 Å². The van der Waals surface area contributed by atoms with E-state index in [-0.39, 0.29) is 0 Å². The second-order valence-corrected chi connectivity index (χ2v) is 9.70. The molecule has 4 nitrogen and oxygen atoms in total. The average molecular weight is 447 g/mol. The predicted octanol–water partition coefficient (Wildman–Crippen LogP) is 6.73. The fraction of sp³-hybridized carbons (Fsp3) is 0.0645. The molecule has 0 saturated heterocycles. The quantitative estimate of drug-likeness (QED) is 0.243. The lowest BCUT2D eigenvalue weighted by Gasteiger charge is -2.11. The van der Waals surface area contributed by atoms with Gasteiger partial charge in [0.15, 0.2) is 0 Å². The van der Waals surface area contributed by atoms with E-state index in [1.54, 1.807) is 6.20 Å². The molecule has 7 aromatic rings. The monoisotopic (exact) mass is 446 g/mol. The third-order valence-corrected chi connectivity index (χ3v) is 7.95. The first kappa shape index (κ1) is 17.8. The number of nitrogens with zero attached hydrogens (tertiary/aromatic N) is 4. The van der Waals surface area contributed by atoms with E-state index >= 15 is 0 Å². The van der Waals surface area contributed by atoms with Crippen molar-refractivity contribution in [3.05, 3.63) is 108 Å². The highest BCUT2D eigenvalue weighted by Crippen LogP contribution is 2.49. The minimum atomic E-state index is 0.927. The Bertz CT molecular complexity index is 2070. The van der Waals surface area contributed by atoms with Gasteiger partial charge in [-0.25, -0.2) is 9.97 Å². The Morgan fingerprint density at radius 1 is 0.657 bits per heavy atom. The molecule has 0 aliphatic heterocycles. The second kappa shape index (κ2) is 6.10. The van der Waals surface area contributed by atoms with Gasteiger partial charge in [0.25, 0.3) is 0 Å². The van der Waals surface area contributed by atoms with Crippen LogP contribution in [0.1, 0.15) is 22.3 Å². The van der Waals surface area contributed by atoms with Crippen molar-refractivity contribution in [1.29, 1.82) is 0 Å². The number of imidazole rings is 1. The molecule has 9 rings (SSSR count). The van der Waals surface area contributed by atoms with Crippen LogP contribution >= 0.6 is 0 Å². The van der Waals surface area contributed by atoms with Crippen LogP contribution in [0.15, 0.2) is 85.3 Å². The summed E-state index contributed by atoms with van der Waals surface area (Å²) >= 11 is 0. The summed E-state index contributed by atoms with van der Waals surface area (Å²) in [6.07, 6.45) is 7.55. The van der Waals surface area contributed by atoms with Gasteiger partial charge in [-0.1, -0.05) is 36.4 Å². The minimum Gasteiger partial charge on any atom is -0.274 e. The molecule has 2 aliphatic rings. The van der Waals surface area contributed by atoms with Crippen molar-refractivity contribution in [3.8, 4) is 22.3 Å². The van der Waals surface area contributed by atoms with E-state index < -0.39 is 0 Å². The molecule has 0 fully saturated rings. The maximum absolute atomic E-state index is 5.05. The molecule has 0 spiro atoms. The molecule has 0 unspecified atom stereocenters. The molecule has 0 amide bonds. The highest BCUT2D eigenvalue weighted by Gasteiger charge is 2.29. The van der Waals surface area contributed by atoms with Crippen molar-refractivity contribution in [3.63, 3.8) is 0 Å². The minimum absolute atomic E-state index is 0.927. The van der Waals surface area contributed by atoms with Gasteiger partial charge in [-0.3, -0.25) is 9.38 Å². The van der Waals surface area contributed by atoms with Crippen LogP contribution in [0.2, 0.25) is 0 Å². The SMILES string of the molecule is c1ccc2c(c1)Cc1ccc3c(c1-2)Cc1cc2c4cccnc4n4c5cnccc5nc4c2cc1-3. The maximum atomic E-state index is 5.05. The van der Waals surface area contributed by atoms with Gasteiger partial charge in [-0.05, 0) is 93.1 Å². The van der Waals surface area contributed by atoms with Crippen molar-refractivity contribution >= 4 is 38.5 Å². The Labute approximate surface area is 200 Å². The van der Waals surface area contributed by atoms with Crippen molar-refractivity contribution < 1.29 is 0 Å². The van der Waals surface area contributed by atoms with Crippen molar-refractivity contribution in [1.82, 2.24) is 19.4 Å². The van der Waals surface area contributed by atoms with Crippen LogP contribution in [-0.4, -0.2) is 19.4 Å². The van der Waals surface area contributed by atoms with Crippen LogP contribution in [0.4, 0.5) is 0 Å². The summed E-state index contributed by atoms with van der Waals surface area (Å²) in [4.78, 5) is 14.2. The number of rotatable bonds is 0. The molecule has 4 heterocycles. The Kier molecular flexibility index (Phi) is 3.11. The topological polar surface area (TPSA) is 43.1 Å². The lowest BCUT2D eigenvalue weighted by Crippen LogP contribution is -1.95. The first-order valence-electron chi connectivity index (χ1n) is 12.0. The fourth-order valence-electron chi connectivity index (χ4n) is 6.48. The number of pyridine rings is 3. The lowest BCUT2D eigenvalue weighted by molar-refractivity contribution is 1.22. The van der Waals surface area contributed by atoms with Crippen LogP contribution in [-0.2, 0) is 12.8 Å². The Balaban J connectivity index is 1.41. The maximum Gasteiger partial charge on any atom is 0.147 e. The highest BCUT2D eigenvalue weighted by atomic mass is 15.1. The molecule has 2 aliphatic carbocycles. The van der Waals surface area contributed by atoms with Gasteiger partial charge in [0, 0.05) is 23.2 Å². The number of hydrogen-bond donors (Lipinski definition) is 0. The van der Waals surface area contributed by atoms with Gasteiger partial charge >= 0.3 is 0 Å². The lowest BCUT2D eigenvalue weighted by atomic mass is 9.95. The molecular formula is C31H18N4. The molecule has 3 aromatic carbocycles. The summed E-state index contributed by atoms with van der Waals surface area (Å²) in [5, 5.41) is 3.52. The van der Waals surface area contributed by atoms with Crippen LogP contribution in [0.25, 0.3) is 60.7 Å². The molecule has 0 N–H and O–H groups in total. The number of aromatic nitrogens is 4. The van der Waals surface area contributed by atoms with Gasteiger partial charge in [-0.15, -0.1) is 0 Å². The van der Waals surface area contributed by atoms with Gasteiger partial charge in [0.2, 0.25) is 0 Å². The summed E-state index contributed by atoms with van der Waals surface area (Å²) in [7, 11) is 0. The van der Waals surface area contributed by atoms with Crippen LogP contribution < -0.4 is 0 Å². The zero-order chi connectivity index (χ0) is 22.7. The van der Waals surface area contributed by atoms with Gasteiger partial charge in [-0.2, -0.15) is 0 Å². The van der Waals surface area contributed by atoms with Crippen LogP contribution in [0, 0.1) is 0 Å². The van der Waals surface area contributed by atoms with Gasteiger partial charge < -0.3 is 0 Å². The largest absolute Gasteiger partial charge is 0.274 e. The van der Waals surface area contributed by atoms with Gasteiger partial charge in [0.1, 0.15) is 11.3 Å². The van der Waals surface area contributed by atoms with Crippen LogP contribution in [0.5, 0.6) is 0 Å². The number of fused-ring (bicyclic) bond motifs is 15. The standard InChI is InChI=1S/C31H18N4/c1-2-5-20-17(4-1)12-18-7-8-21-23-15-26-24(13-19(23)14-25(21)29(18)20)22-6-3-10-33-30(22)35-28-16-32-11-9-27(28)34-31(26)35/h1-11,13,15-16H,12,14H2. The summed E-state index contributed by atoms with van der Waals surface area (Å²) in [6, 6.07) is 24.5. The zero-order valence-electron chi connectivity index (χ0n) is 18.8. The molecule has 4 heteroatoms. The third-order valence-electron chi connectivity index (χ3n) is 7.95. The van der Waals surface area contributed by atoms with E-state index in [1.165, 1.54) is 49.9 Å². The molecular weight excluding hydrogens is 428 g/mol. The number of hydrogen-bond acceptors (Lipinski definition) is 3. The zero-order valence-corrected chi connectivity index (χ0v) is 18.8.